The first-order valence-corrected chi connectivity index (χ1v) is 5.99. The minimum atomic E-state index is 0.243. The van der Waals surface area contributed by atoms with Crippen molar-refractivity contribution in [2.24, 2.45) is 5.11 Å². The van der Waals surface area contributed by atoms with Gasteiger partial charge < -0.3 is 0 Å². The zero-order valence-corrected chi connectivity index (χ0v) is 10.5. The van der Waals surface area contributed by atoms with Crippen LogP contribution in [0.4, 0.5) is 5.82 Å². The number of hydrogen-bond acceptors (Lipinski definition) is 3. The number of carbonyl (C=O) groups is 1. The maximum Gasteiger partial charge on any atom is 0.153 e. The summed E-state index contributed by atoms with van der Waals surface area (Å²) in [5, 5.41) is 7.99. The van der Waals surface area contributed by atoms with E-state index in [1.165, 1.54) is 4.68 Å². The largest absolute Gasteiger partial charge is 0.298 e. The average molecular weight is 255 g/mol. The zero-order valence-electron chi connectivity index (χ0n) is 10.5. The van der Waals surface area contributed by atoms with E-state index in [0.717, 1.165) is 12.1 Å². The second-order valence-corrected chi connectivity index (χ2v) is 3.99. The molecule has 0 radical (unpaired) electrons. The Bertz CT molecular complexity index is 626. The number of nitrogens with zero attached hydrogens (tertiary/aromatic N) is 5. The fourth-order valence-electron chi connectivity index (χ4n) is 1.90. The van der Waals surface area contributed by atoms with E-state index in [1.54, 1.807) is 0 Å². The van der Waals surface area contributed by atoms with Gasteiger partial charge in [-0.2, -0.15) is 5.10 Å². The molecule has 0 N–H and O–H groups in total. The molecule has 0 atom stereocenters. The highest BCUT2D eigenvalue weighted by molar-refractivity contribution is 5.84. The van der Waals surface area contributed by atoms with Gasteiger partial charge in [-0.3, -0.25) is 4.79 Å². The molecule has 0 aliphatic heterocycles. The lowest BCUT2D eigenvalue weighted by atomic mass is 10.2. The van der Waals surface area contributed by atoms with Crippen LogP contribution in [0.2, 0.25) is 0 Å². The van der Waals surface area contributed by atoms with E-state index in [1.807, 2.05) is 37.3 Å². The van der Waals surface area contributed by atoms with Gasteiger partial charge in [0.25, 0.3) is 0 Å². The highest BCUT2D eigenvalue weighted by Gasteiger charge is 2.16. The number of aryl methyl sites for hydroxylation is 1. The molecule has 0 aliphatic rings. The third-order valence-corrected chi connectivity index (χ3v) is 2.72. The van der Waals surface area contributed by atoms with Crippen LogP contribution >= 0.6 is 0 Å². The minimum Gasteiger partial charge on any atom is -0.298 e. The van der Waals surface area contributed by atoms with E-state index in [4.69, 9.17) is 5.53 Å². The standard InChI is InChI=1S/C13H13N5O/c1-2-6-12-11(9-19)13(15-17-14)18(16-12)10-7-4-3-5-8-10/h3-5,7-9H,2,6H2,1H3. The molecule has 0 aliphatic carbocycles. The second kappa shape index (κ2) is 5.84. The first-order chi connectivity index (χ1) is 9.31. The summed E-state index contributed by atoms with van der Waals surface area (Å²) in [5.74, 6) is 0.243. The molecule has 0 fully saturated rings. The quantitative estimate of drug-likeness (QED) is 0.354. The van der Waals surface area contributed by atoms with Gasteiger partial charge in [0.15, 0.2) is 6.29 Å². The van der Waals surface area contributed by atoms with E-state index >= 15 is 0 Å². The number of para-hydroxylation sites is 1. The molecule has 2 rings (SSSR count). The Hall–Kier alpha value is -2.59. The van der Waals surface area contributed by atoms with Crippen molar-refractivity contribution in [2.45, 2.75) is 19.8 Å². The molecule has 1 heterocycles. The first kappa shape index (κ1) is 12.9. The van der Waals surface area contributed by atoms with Crippen LogP contribution in [0.5, 0.6) is 0 Å². The molecule has 19 heavy (non-hydrogen) atoms. The van der Waals surface area contributed by atoms with Crippen LogP contribution in [0.3, 0.4) is 0 Å². The molecular formula is C13H13N5O. The SMILES string of the molecule is CCCc1nn(-c2ccccc2)c(N=[N+]=[N-])c1C=O. The van der Waals surface area contributed by atoms with Crippen molar-refractivity contribution in [3.05, 3.63) is 52.0 Å². The predicted octanol–water partition coefficient (Wildman–Crippen LogP) is 3.58. The normalized spacial score (nSPS) is 9.95. The summed E-state index contributed by atoms with van der Waals surface area (Å²) in [6.45, 7) is 2.00. The van der Waals surface area contributed by atoms with E-state index in [-0.39, 0.29) is 5.82 Å². The monoisotopic (exact) mass is 255 g/mol. The van der Waals surface area contributed by atoms with Crippen LogP contribution in [-0.4, -0.2) is 16.1 Å². The van der Waals surface area contributed by atoms with Crippen LogP contribution in [0.25, 0.3) is 16.1 Å². The topological polar surface area (TPSA) is 83.7 Å². The molecule has 2 aromatic rings. The highest BCUT2D eigenvalue weighted by atomic mass is 16.1. The number of azide groups is 1. The van der Waals surface area contributed by atoms with E-state index in [0.29, 0.717) is 24.0 Å². The van der Waals surface area contributed by atoms with Crippen LogP contribution in [0.1, 0.15) is 29.4 Å². The summed E-state index contributed by atoms with van der Waals surface area (Å²) < 4.78 is 1.51. The zero-order chi connectivity index (χ0) is 13.7. The average Bonchev–Trinajstić information content (AvgIpc) is 2.78. The maximum absolute atomic E-state index is 11.2. The molecular weight excluding hydrogens is 242 g/mol. The second-order valence-electron chi connectivity index (χ2n) is 3.99. The predicted molar refractivity (Wildman–Crippen MR) is 71.8 cm³/mol. The van der Waals surface area contributed by atoms with Gasteiger partial charge in [0.05, 0.1) is 16.9 Å². The van der Waals surface area contributed by atoms with Crippen molar-refractivity contribution in [1.29, 1.82) is 0 Å². The Morgan fingerprint density at radius 3 is 2.74 bits per heavy atom. The molecule has 0 bridgehead atoms. The molecule has 1 aromatic heterocycles. The summed E-state index contributed by atoms with van der Waals surface area (Å²) >= 11 is 0. The van der Waals surface area contributed by atoms with Crippen molar-refractivity contribution in [3.8, 4) is 5.69 Å². The molecule has 0 saturated carbocycles. The molecule has 0 saturated heterocycles. The molecule has 96 valence electrons. The third kappa shape index (κ3) is 2.48. The van der Waals surface area contributed by atoms with Gasteiger partial charge in [-0.05, 0) is 29.2 Å². The van der Waals surface area contributed by atoms with Crippen LogP contribution < -0.4 is 0 Å². The molecule has 1 aromatic carbocycles. The third-order valence-electron chi connectivity index (χ3n) is 2.72. The minimum absolute atomic E-state index is 0.243. The lowest BCUT2D eigenvalue weighted by Gasteiger charge is -2.02. The lowest BCUT2D eigenvalue weighted by molar-refractivity contribution is 0.112. The van der Waals surface area contributed by atoms with E-state index in [2.05, 4.69) is 15.1 Å². The van der Waals surface area contributed by atoms with Gasteiger partial charge in [-0.25, -0.2) is 4.68 Å². The summed E-state index contributed by atoms with van der Waals surface area (Å²) in [5.41, 5.74) is 10.4. The van der Waals surface area contributed by atoms with Gasteiger partial charge in [-0.15, -0.1) is 0 Å². The van der Waals surface area contributed by atoms with Gasteiger partial charge >= 0.3 is 0 Å². The molecule has 0 spiro atoms. The number of aromatic nitrogens is 2. The Kier molecular flexibility index (Phi) is 3.95. The highest BCUT2D eigenvalue weighted by Crippen LogP contribution is 2.26. The van der Waals surface area contributed by atoms with Crippen molar-refractivity contribution in [1.82, 2.24) is 9.78 Å². The number of benzene rings is 1. The number of rotatable bonds is 5. The van der Waals surface area contributed by atoms with Crippen molar-refractivity contribution in [2.75, 3.05) is 0 Å². The molecule has 6 heteroatoms. The molecule has 0 unspecified atom stereocenters. The van der Waals surface area contributed by atoms with Crippen LogP contribution in [0.15, 0.2) is 35.4 Å². The first-order valence-electron chi connectivity index (χ1n) is 5.99. The van der Waals surface area contributed by atoms with Crippen molar-refractivity contribution in [3.63, 3.8) is 0 Å². The van der Waals surface area contributed by atoms with E-state index in [9.17, 15) is 4.79 Å². The van der Waals surface area contributed by atoms with Gasteiger partial charge in [0.1, 0.15) is 5.82 Å². The van der Waals surface area contributed by atoms with Crippen LogP contribution in [-0.2, 0) is 6.42 Å². The smallest absolute Gasteiger partial charge is 0.153 e. The lowest BCUT2D eigenvalue weighted by Crippen LogP contribution is -1.96. The number of hydrogen-bond donors (Lipinski definition) is 0. The fraction of sp³-hybridized carbons (Fsp3) is 0.231. The number of aldehydes is 1. The fourth-order valence-corrected chi connectivity index (χ4v) is 1.90. The van der Waals surface area contributed by atoms with Crippen molar-refractivity contribution >= 4 is 12.1 Å². The Labute approximate surface area is 110 Å². The summed E-state index contributed by atoms with van der Waals surface area (Å²) in [6, 6.07) is 9.28. The van der Waals surface area contributed by atoms with Crippen molar-refractivity contribution < 1.29 is 4.79 Å². The van der Waals surface area contributed by atoms with Gasteiger partial charge in [0, 0.05) is 4.91 Å². The maximum atomic E-state index is 11.2. The van der Waals surface area contributed by atoms with Gasteiger partial charge in [-0.1, -0.05) is 31.5 Å². The summed E-state index contributed by atoms with van der Waals surface area (Å²) in [4.78, 5) is 14.0. The Balaban J connectivity index is 2.66. The van der Waals surface area contributed by atoms with Crippen LogP contribution in [0, 0.1) is 0 Å². The Morgan fingerprint density at radius 2 is 2.16 bits per heavy atom. The molecule has 0 amide bonds. The Morgan fingerprint density at radius 1 is 1.42 bits per heavy atom. The molecule has 6 nitrogen and oxygen atoms in total. The summed E-state index contributed by atoms with van der Waals surface area (Å²) in [6.07, 6.45) is 2.23. The van der Waals surface area contributed by atoms with Gasteiger partial charge in [0.2, 0.25) is 0 Å². The van der Waals surface area contributed by atoms with E-state index < -0.39 is 0 Å². The number of carbonyl (C=O) groups excluding carboxylic acids is 1. The summed E-state index contributed by atoms with van der Waals surface area (Å²) in [7, 11) is 0.